The third-order valence-electron chi connectivity index (χ3n) is 2.65. The van der Waals surface area contributed by atoms with Crippen molar-refractivity contribution in [2.24, 2.45) is 5.10 Å². The molecule has 0 bridgehead atoms. The molecule has 0 spiro atoms. The van der Waals surface area contributed by atoms with Gasteiger partial charge in [0.2, 0.25) is 0 Å². The molecule has 0 N–H and O–H groups in total. The monoisotopic (exact) mass is 288 g/mol. The lowest BCUT2D eigenvalue weighted by Gasteiger charge is -2.08. The Hall–Kier alpha value is -2.00. The van der Waals surface area contributed by atoms with Gasteiger partial charge in [0.05, 0.1) is 6.21 Å². The van der Waals surface area contributed by atoms with Gasteiger partial charge in [-0.05, 0) is 23.8 Å². The summed E-state index contributed by atoms with van der Waals surface area (Å²) >= 11 is 6.10. The van der Waals surface area contributed by atoms with Gasteiger partial charge < -0.3 is 9.75 Å². The third-order valence-corrected chi connectivity index (χ3v) is 3.02. The standard InChI is InChI=1S/C16H17ClN2O/c1-19(2)18-11-13-6-5-8-15(10-13)20-12-14-7-3-4-9-16(14)17/h3-11H,12H2,1-2H3/b18-11-. The fraction of sp³-hybridized carbons (Fsp3) is 0.188. The average molecular weight is 289 g/mol. The second-order valence-corrected chi connectivity index (χ2v) is 4.95. The van der Waals surface area contributed by atoms with Gasteiger partial charge in [-0.25, -0.2) is 0 Å². The van der Waals surface area contributed by atoms with E-state index in [0.29, 0.717) is 6.61 Å². The molecule has 104 valence electrons. The van der Waals surface area contributed by atoms with Gasteiger partial charge in [0.15, 0.2) is 0 Å². The maximum atomic E-state index is 6.10. The molecule has 0 aliphatic heterocycles. The molecule has 0 saturated heterocycles. The van der Waals surface area contributed by atoms with Gasteiger partial charge in [0.25, 0.3) is 0 Å². The number of hydrazone groups is 1. The van der Waals surface area contributed by atoms with Crippen LogP contribution in [0.4, 0.5) is 0 Å². The molecule has 0 aliphatic carbocycles. The van der Waals surface area contributed by atoms with Crippen LogP contribution in [-0.2, 0) is 6.61 Å². The van der Waals surface area contributed by atoms with Crippen LogP contribution in [0, 0.1) is 0 Å². The first-order valence-electron chi connectivity index (χ1n) is 6.33. The Morgan fingerprint density at radius 2 is 1.95 bits per heavy atom. The van der Waals surface area contributed by atoms with Crippen LogP contribution in [0.3, 0.4) is 0 Å². The molecule has 0 aromatic heterocycles. The molecule has 0 amide bonds. The molecule has 4 heteroatoms. The van der Waals surface area contributed by atoms with E-state index in [9.17, 15) is 0 Å². The van der Waals surface area contributed by atoms with Crippen molar-refractivity contribution in [3.05, 3.63) is 64.7 Å². The van der Waals surface area contributed by atoms with Crippen molar-refractivity contribution < 1.29 is 4.74 Å². The van der Waals surface area contributed by atoms with Crippen LogP contribution < -0.4 is 4.74 Å². The van der Waals surface area contributed by atoms with Crippen molar-refractivity contribution in [1.29, 1.82) is 0 Å². The van der Waals surface area contributed by atoms with Gasteiger partial charge >= 0.3 is 0 Å². The topological polar surface area (TPSA) is 24.8 Å². The maximum Gasteiger partial charge on any atom is 0.120 e. The van der Waals surface area contributed by atoms with E-state index in [2.05, 4.69) is 5.10 Å². The second kappa shape index (κ2) is 6.96. The molecule has 2 aromatic rings. The SMILES string of the molecule is CN(C)/N=C\c1cccc(OCc2ccccc2Cl)c1. The fourth-order valence-electron chi connectivity index (χ4n) is 1.64. The van der Waals surface area contributed by atoms with Crippen molar-refractivity contribution in [1.82, 2.24) is 5.01 Å². The summed E-state index contributed by atoms with van der Waals surface area (Å²) in [5.41, 5.74) is 1.97. The maximum absolute atomic E-state index is 6.10. The van der Waals surface area contributed by atoms with Gasteiger partial charge in [-0.15, -0.1) is 0 Å². The first-order chi connectivity index (χ1) is 9.65. The lowest BCUT2D eigenvalue weighted by molar-refractivity contribution is 0.306. The summed E-state index contributed by atoms with van der Waals surface area (Å²) < 4.78 is 5.76. The van der Waals surface area contributed by atoms with Crippen LogP contribution in [0.5, 0.6) is 5.75 Å². The van der Waals surface area contributed by atoms with Crippen molar-refractivity contribution in [3.8, 4) is 5.75 Å². The molecule has 0 aliphatic rings. The van der Waals surface area contributed by atoms with E-state index in [0.717, 1.165) is 21.9 Å². The first kappa shape index (κ1) is 14.4. The molecule has 2 rings (SSSR count). The zero-order chi connectivity index (χ0) is 14.4. The highest BCUT2D eigenvalue weighted by atomic mass is 35.5. The van der Waals surface area contributed by atoms with E-state index in [1.165, 1.54) is 0 Å². The smallest absolute Gasteiger partial charge is 0.120 e. The average Bonchev–Trinajstić information content (AvgIpc) is 2.45. The summed E-state index contributed by atoms with van der Waals surface area (Å²) in [5.74, 6) is 0.799. The molecular weight excluding hydrogens is 272 g/mol. The Morgan fingerprint density at radius 1 is 1.15 bits per heavy atom. The normalized spacial score (nSPS) is 10.8. The van der Waals surface area contributed by atoms with Gasteiger partial charge in [-0.2, -0.15) is 5.10 Å². The third kappa shape index (κ3) is 4.28. The van der Waals surface area contributed by atoms with Gasteiger partial charge in [-0.1, -0.05) is 41.9 Å². The van der Waals surface area contributed by atoms with Gasteiger partial charge in [-0.3, -0.25) is 0 Å². The minimum atomic E-state index is 0.452. The number of halogens is 1. The molecule has 3 nitrogen and oxygen atoms in total. The number of ether oxygens (including phenoxy) is 1. The van der Waals surface area contributed by atoms with Crippen LogP contribution in [0.25, 0.3) is 0 Å². The van der Waals surface area contributed by atoms with E-state index in [-0.39, 0.29) is 0 Å². The summed E-state index contributed by atoms with van der Waals surface area (Å²) in [6.45, 7) is 0.452. The van der Waals surface area contributed by atoms with E-state index in [4.69, 9.17) is 16.3 Å². The van der Waals surface area contributed by atoms with Crippen molar-refractivity contribution in [2.75, 3.05) is 14.1 Å². The Bertz CT molecular complexity index is 597. The summed E-state index contributed by atoms with van der Waals surface area (Å²) in [4.78, 5) is 0. The molecule has 20 heavy (non-hydrogen) atoms. The summed E-state index contributed by atoms with van der Waals surface area (Å²) in [5, 5.41) is 6.67. The van der Waals surface area contributed by atoms with Crippen LogP contribution in [-0.4, -0.2) is 25.3 Å². The van der Waals surface area contributed by atoms with Crippen molar-refractivity contribution >= 4 is 17.8 Å². The molecule has 0 heterocycles. The fourth-order valence-corrected chi connectivity index (χ4v) is 1.83. The first-order valence-corrected chi connectivity index (χ1v) is 6.70. The lowest BCUT2D eigenvalue weighted by Crippen LogP contribution is -2.02. The summed E-state index contributed by atoms with van der Waals surface area (Å²) in [7, 11) is 3.77. The van der Waals surface area contributed by atoms with E-state index in [1.54, 1.807) is 11.2 Å². The molecule has 0 radical (unpaired) electrons. The van der Waals surface area contributed by atoms with Gasteiger partial charge in [0.1, 0.15) is 12.4 Å². The number of benzene rings is 2. The largest absolute Gasteiger partial charge is 0.489 e. The molecule has 2 aromatic carbocycles. The van der Waals surface area contributed by atoms with Crippen LogP contribution in [0.15, 0.2) is 53.6 Å². The summed E-state index contributed by atoms with van der Waals surface area (Å²) in [6, 6.07) is 15.5. The Labute approximate surface area is 124 Å². The van der Waals surface area contributed by atoms with Crippen LogP contribution >= 0.6 is 11.6 Å². The van der Waals surface area contributed by atoms with E-state index < -0.39 is 0 Å². The number of nitrogens with zero attached hydrogens (tertiary/aromatic N) is 2. The Balaban J connectivity index is 2.03. The minimum Gasteiger partial charge on any atom is -0.489 e. The Morgan fingerprint density at radius 3 is 2.70 bits per heavy atom. The highest BCUT2D eigenvalue weighted by Gasteiger charge is 2.01. The molecule has 0 atom stereocenters. The van der Waals surface area contributed by atoms with E-state index >= 15 is 0 Å². The van der Waals surface area contributed by atoms with Crippen molar-refractivity contribution in [3.63, 3.8) is 0 Å². The molecule has 0 saturated carbocycles. The zero-order valence-electron chi connectivity index (χ0n) is 11.6. The predicted octanol–water partition coefficient (Wildman–Crippen LogP) is 3.81. The van der Waals surface area contributed by atoms with Crippen molar-refractivity contribution in [2.45, 2.75) is 6.61 Å². The lowest BCUT2D eigenvalue weighted by atomic mass is 10.2. The predicted molar refractivity (Wildman–Crippen MR) is 83.5 cm³/mol. The number of rotatable bonds is 5. The molecule has 0 unspecified atom stereocenters. The quantitative estimate of drug-likeness (QED) is 0.617. The Kier molecular flexibility index (Phi) is 5.02. The van der Waals surface area contributed by atoms with E-state index in [1.807, 2.05) is 62.6 Å². The van der Waals surface area contributed by atoms with Gasteiger partial charge in [0, 0.05) is 24.7 Å². The zero-order valence-corrected chi connectivity index (χ0v) is 12.3. The summed E-state index contributed by atoms with van der Waals surface area (Å²) in [6.07, 6.45) is 1.79. The second-order valence-electron chi connectivity index (χ2n) is 4.54. The van der Waals surface area contributed by atoms with Crippen LogP contribution in [0.1, 0.15) is 11.1 Å². The highest BCUT2D eigenvalue weighted by Crippen LogP contribution is 2.19. The van der Waals surface area contributed by atoms with Crippen LogP contribution in [0.2, 0.25) is 5.02 Å². The molecular formula is C16H17ClN2O. The number of hydrogen-bond donors (Lipinski definition) is 0. The molecule has 0 fully saturated rings. The number of hydrogen-bond acceptors (Lipinski definition) is 3. The highest BCUT2D eigenvalue weighted by molar-refractivity contribution is 6.31. The minimum absolute atomic E-state index is 0.452.